The second kappa shape index (κ2) is 5.33. The van der Waals surface area contributed by atoms with E-state index in [1.54, 1.807) is 6.08 Å². The summed E-state index contributed by atoms with van der Waals surface area (Å²) >= 11 is 0. The molecule has 2 nitrogen and oxygen atoms in total. The fourth-order valence-corrected chi connectivity index (χ4v) is 1.11. The Kier molecular flexibility index (Phi) is 3.54. The minimum absolute atomic E-state index is 0.0119. The van der Waals surface area contributed by atoms with Crippen LogP contribution in [0.1, 0.15) is 27.1 Å². The Morgan fingerprint density at radius 2 is 2.73 bits per heavy atom. The first-order valence-corrected chi connectivity index (χ1v) is 4.20. The Bertz CT molecular complexity index is 130. The van der Waals surface area contributed by atoms with Gasteiger partial charge in [-0.05, 0) is 25.7 Å². The average Bonchev–Trinajstić information content (AvgIpc) is 2.14. The van der Waals surface area contributed by atoms with Crippen LogP contribution in [-0.4, -0.2) is 19.5 Å². The van der Waals surface area contributed by atoms with Gasteiger partial charge < -0.3 is 9.47 Å². The maximum Gasteiger partial charge on any atom is 0.157 e. The van der Waals surface area contributed by atoms with Crippen LogP contribution in [0.4, 0.5) is 0 Å². The Morgan fingerprint density at radius 3 is 3.45 bits per heavy atom. The zero-order valence-electron chi connectivity index (χ0n) is 7.79. The Balaban J connectivity index is 1.97. The summed E-state index contributed by atoms with van der Waals surface area (Å²) in [5, 5.41) is 0. The van der Waals surface area contributed by atoms with Crippen LogP contribution in [0.25, 0.3) is 0 Å². The molecule has 1 aliphatic rings. The highest BCUT2D eigenvalue weighted by Crippen LogP contribution is 2.13. The molecular formula is C9H16O2. The summed E-state index contributed by atoms with van der Waals surface area (Å²) in [7, 11) is 0. The molecule has 1 heterocycles. The molecule has 0 saturated carbocycles. The third kappa shape index (κ3) is 3.54. The van der Waals surface area contributed by atoms with Gasteiger partial charge in [-0.1, -0.05) is 6.08 Å². The van der Waals surface area contributed by atoms with Crippen molar-refractivity contribution < 1.29 is 10.8 Å². The number of ether oxygens (including phenoxy) is 2. The molecular weight excluding hydrogens is 140 g/mol. The molecule has 1 aliphatic heterocycles. The first kappa shape index (κ1) is 7.32. The first-order chi connectivity index (χ1) is 5.93. The summed E-state index contributed by atoms with van der Waals surface area (Å²) in [4.78, 5) is 0. The van der Waals surface area contributed by atoms with E-state index >= 15 is 0 Å². The lowest BCUT2D eigenvalue weighted by molar-refractivity contribution is -0.161. The lowest BCUT2D eigenvalue weighted by Gasteiger charge is -2.22. The largest absolute Gasteiger partial charge is 0.353 e. The first-order valence-electron chi connectivity index (χ1n) is 4.78. The van der Waals surface area contributed by atoms with Gasteiger partial charge in [-0.15, -0.1) is 6.55 Å². The van der Waals surface area contributed by atoms with Gasteiger partial charge in [-0.3, -0.25) is 0 Å². The zero-order valence-corrected chi connectivity index (χ0v) is 6.79. The molecule has 0 N–H and O–H groups in total. The quantitative estimate of drug-likeness (QED) is 0.459. The number of hydrogen-bond acceptors (Lipinski definition) is 2. The predicted molar refractivity (Wildman–Crippen MR) is 44.4 cm³/mol. The van der Waals surface area contributed by atoms with E-state index in [9.17, 15) is 0 Å². The van der Waals surface area contributed by atoms with Crippen LogP contribution in [0, 0.1) is 0 Å². The van der Waals surface area contributed by atoms with Gasteiger partial charge in [0.15, 0.2) is 6.29 Å². The molecule has 11 heavy (non-hydrogen) atoms. The van der Waals surface area contributed by atoms with Crippen LogP contribution in [0.2, 0.25) is 0 Å². The molecule has 0 aromatic rings. The standard InChI is InChI=1S/C9H16O2/c1-2-3-7-10-9-6-4-5-8-11-9/h2,9H,1,3-8H2/i1D. The maximum atomic E-state index is 6.76. The van der Waals surface area contributed by atoms with Crippen molar-refractivity contribution in [1.82, 2.24) is 0 Å². The van der Waals surface area contributed by atoms with Gasteiger partial charge in [0, 0.05) is 6.61 Å². The van der Waals surface area contributed by atoms with Crippen molar-refractivity contribution in [3.05, 3.63) is 12.6 Å². The fourth-order valence-electron chi connectivity index (χ4n) is 1.11. The molecule has 0 aliphatic carbocycles. The van der Waals surface area contributed by atoms with E-state index in [1.807, 2.05) is 0 Å². The lowest BCUT2D eigenvalue weighted by Crippen LogP contribution is -2.22. The second-order valence-corrected chi connectivity index (χ2v) is 2.69. The lowest BCUT2D eigenvalue weighted by atomic mass is 10.2. The summed E-state index contributed by atoms with van der Waals surface area (Å²) in [6.45, 7) is 2.80. The van der Waals surface area contributed by atoms with E-state index in [0.29, 0.717) is 6.61 Å². The molecule has 0 aromatic heterocycles. The topological polar surface area (TPSA) is 18.5 Å². The van der Waals surface area contributed by atoms with Crippen LogP contribution in [0.15, 0.2) is 12.6 Å². The summed E-state index contributed by atoms with van der Waals surface area (Å²) in [5.41, 5.74) is 0. The van der Waals surface area contributed by atoms with Gasteiger partial charge in [0.2, 0.25) is 0 Å². The second-order valence-electron chi connectivity index (χ2n) is 2.69. The summed E-state index contributed by atoms with van der Waals surface area (Å²) < 4.78 is 17.6. The molecule has 0 aromatic carbocycles. The van der Waals surface area contributed by atoms with Crippen LogP contribution in [0.3, 0.4) is 0 Å². The van der Waals surface area contributed by atoms with Gasteiger partial charge in [0.25, 0.3) is 0 Å². The fraction of sp³-hybridized carbons (Fsp3) is 0.778. The van der Waals surface area contributed by atoms with Crippen molar-refractivity contribution in [1.29, 1.82) is 0 Å². The average molecular weight is 157 g/mol. The van der Waals surface area contributed by atoms with Crippen molar-refractivity contribution in [3.8, 4) is 0 Å². The van der Waals surface area contributed by atoms with E-state index in [2.05, 4.69) is 0 Å². The predicted octanol–water partition coefficient (Wildman–Crippen LogP) is 2.11. The maximum absolute atomic E-state index is 6.76. The zero-order chi connectivity index (χ0) is 8.65. The van der Waals surface area contributed by atoms with Crippen LogP contribution in [0.5, 0.6) is 0 Å². The SMILES string of the molecule is [2H]C=CCCOC1CCCCO1. The summed E-state index contributed by atoms with van der Waals surface area (Å²) in [5.74, 6) is 0. The van der Waals surface area contributed by atoms with Crippen molar-refractivity contribution in [2.45, 2.75) is 32.0 Å². The Hall–Kier alpha value is -0.340. The van der Waals surface area contributed by atoms with Crippen molar-refractivity contribution in [3.63, 3.8) is 0 Å². The monoisotopic (exact) mass is 157 g/mol. The summed E-state index contributed by atoms with van der Waals surface area (Å²) in [6, 6.07) is 0. The minimum atomic E-state index is 0.0119. The highest BCUT2D eigenvalue weighted by molar-refractivity contribution is 4.65. The molecule has 2 heteroatoms. The van der Waals surface area contributed by atoms with E-state index in [0.717, 1.165) is 25.9 Å². The smallest absolute Gasteiger partial charge is 0.157 e. The Morgan fingerprint density at radius 1 is 1.73 bits per heavy atom. The third-order valence-corrected chi connectivity index (χ3v) is 1.73. The van der Waals surface area contributed by atoms with Gasteiger partial charge in [0.1, 0.15) is 0 Å². The molecule has 1 fully saturated rings. The van der Waals surface area contributed by atoms with E-state index in [-0.39, 0.29) is 6.29 Å². The molecule has 1 unspecified atom stereocenters. The van der Waals surface area contributed by atoms with Gasteiger partial charge >= 0.3 is 0 Å². The molecule has 1 saturated heterocycles. The molecule has 0 amide bonds. The van der Waals surface area contributed by atoms with E-state index in [1.165, 1.54) is 13.0 Å². The number of rotatable bonds is 4. The molecule has 1 atom stereocenters. The van der Waals surface area contributed by atoms with Gasteiger partial charge in [-0.2, -0.15) is 0 Å². The van der Waals surface area contributed by atoms with E-state index < -0.39 is 0 Å². The normalized spacial score (nSPS) is 27.3. The molecule has 0 spiro atoms. The highest BCUT2D eigenvalue weighted by Gasteiger charge is 2.12. The van der Waals surface area contributed by atoms with Gasteiger partial charge in [0.05, 0.1) is 7.98 Å². The Labute approximate surface area is 69.6 Å². The molecule has 1 rings (SSSR count). The third-order valence-electron chi connectivity index (χ3n) is 1.73. The van der Waals surface area contributed by atoms with Crippen LogP contribution < -0.4 is 0 Å². The number of hydrogen-bond donors (Lipinski definition) is 0. The molecule has 64 valence electrons. The molecule has 0 bridgehead atoms. The van der Waals surface area contributed by atoms with Crippen molar-refractivity contribution in [2.75, 3.05) is 13.2 Å². The van der Waals surface area contributed by atoms with Gasteiger partial charge in [-0.25, -0.2) is 0 Å². The van der Waals surface area contributed by atoms with Crippen LogP contribution >= 0.6 is 0 Å². The van der Waals surface area contributed by atoms with E-state index in [4.69, 9.17) is 10.8 Å². The summed E-state index contributed by atoms with van der Waals surface area (Å²) in [6.07, 6.45) is 5.99. The highest BCUT2D eigenvalue weighted by atomic mass is 16.7. The van der Waals surface area contributed by atoms with Crippen molar-refractivity contribution in [2.24, 2.45) is 0 Å². The minimum Gasteiger partial charge on any atom is -0.353 e. The van der Waals surface area contributed by atoms with Crippen molar-refractivity contribution >= 4 is 0 Å². The molecule has 0 radical (unpaired) electrons. The van der Waals surface area contributed by atoms with Crippen LogP contribution in [-0.2, 0) is 9.47 Å².